The number of benzene rings is 8. The number of hydrogen-bond acceptors (Lipinski definition) is 1. The van der Waals surface area contributed by atoms with E-state index in [0.29, 0.717) is 16.9 Å². The first kappa shape index (κ1) is 35.1. The molecule has 8 aromatic carbocycles. The number of alkyl halides is 3. The Morgan fingerprint density at radius 2 is 0.897 bits per heavy atom. The zero-order valence-electron chi connectivity index (χ0n) is 31.6. The van der Waals surface area contributed by atoms with Gasteiger partial charge in [0.25, 0.3) is 0 Å². The molecule has 0 N–H and O–H groups in total. The van der Waals surface area contributed by atoms with Gasteiger partial charge in [0.05, 0.1) is 50.6 Å². The van der Waals surface area contributed by atoms with Crippen molar-refractivity contribution in [2.75, 3.05) is 0 Å². The fourth-order valence-corrected chi connectivity index (χ4v) is 8.64. The smallest absolute Gasteiger partial charge is 0.307 e. The Hall–Kier alpha value is -7.36. The van der Waals surface area contributed by atoms with Crippen LogP contribution in [0.5, 0.6) is 0 Å². The lowest BCUT2D eigenvalue weighted by molar-refractivity contribution is -0.137. The van der Waals surface area contributed by atoms with Crippen molar-refractivity contribution in [2.24, 2.45) is 0 Å². The standard InChI is InChI=1S/C52H34F3N3/c1-32-10-7-13-35(24-32)37-20-22-48-43(27-37)40-16-3-5-18-46(40)57(48)50-29-42(39-15-9-12-34(26-39)31-56)45(52(53,54)55)30-51(50)58-47-19-6-4-17-41(47)44-28-38(21-23-49(44)58)36-14-8-11-33(2)25-36/h3-30H,1-2H3. The molecule has 10 aromatic rings. The molecule has 10 rings (SSSR count). The number of rotatable bonds is 5. The minimum Gasteiger partial charge on any atom is -0.307 e. The number of hydrogen-bond donors (Lipinski definition) is 0. The Balaban J connectivity index is 1.34. The van der Waals surface area contributed by atoms with Gasteiger partial charge < -0.3 is 9.13 Å². The van der Waals surface area contributed by atoms with E-state index in [1.807, 2.05) is 71.3 Å². The highest BCUT2D eigenvalue weighted by molar-refractivity contribution is 6.13. The van der Waals surface area contributed by atoms with Crippen molar-refractivity contribution in [3.05, 3.63) is 192 Å². The summed E-state index contributed by atoms with van der Waals surface area (Å²) in [7, 11) is 0. The van der Waals surface area contributed by atoms with E-state index in [2.05, 4.69) is 91.2 Å². The van der Waals surface area contributed by atoms with E-state index in [0.717, 1.165) is 77.0 Å². The van der Waals surface area contributed by atoms with Crippen LogP contribution in [-0.4, -0.2) is 9.13 Å². The van der Waals surface area contributed by atoms with E-state index in [9.17, 15) is 5.26 Å². The van der Waals surface area contributed by atoms with Crippen LogP contribution in [0.15, 0.2) is 170 Å². The number of fused-ring (bicyclic) bond motifs is 6. The van der Waals surface area contributed by atoms with Crippen molar-refractivity contribution in [3.8, 4) is 50.8 Å². The molecule has 0 saturated heterocycles. The molecule has 0 atom stereocenters. The lowest BCUT2D eigenvalue weighted by atomic mass is 9.95. The number of nitrogens with zero attached hydrogens (tertiary/aromatic N) is 3. The fraction of sp³-hybridized carbons (Fsp3) is 0.0577. The molecule has 0 bridgehead atoms. The molecule has 58 heavy (non-hydrogen) atoms. The van der Waals surface area contributed by atoms with E-state index in [1.165, 1.54) is 12.1 Å². The average molecular weight is 758 g/mol. The van der Waals surface area contributed by atoms with Crippen LogP contribution < -0.4 is 0 Å². The van der Waals surface area contributed by atoms with Crippen LogP contribution in [0.25, 0.3) is 88.4 Å². The zero-order chi connectivity index (χ0) is 39.7. The lowest BCUT2D eigenvalue weighted by Crippen LogP contribution is -2.12. The van der Waals surface area contributed by atoms with Gasteiger partial charge >= 0.3 is 6.18 Å². The Morgan fingerprint density at radius 3 is 1.41 bits per heavy atom. The molecule has 0 aliphatic rings. The summed E-state index contributed by atoms with van der Waals surface area (Å²) in [4.78, 5) is 0. The maximum Gasteiger partial charge on any atom is 0.417 e. The van der Waals surface area contributed by atoms with E-state index >= 15 is 13.2 Å². The Kier molecular flexibility index (Phi) is 8.10. The van der Waals surface area contributed by atoms with Gasteiger partial charge in [0, 0.05) is 21.5 Å². The van der Waals surface area contributed by atoms with Crippen LogP contribution in [0.4, 0.5) is 13.2 Å². The van der Waals surface area contributed by atoms with Crippen LogP contribution in [0, 0.1) is 25.2 Å². The largest absolute Gasteiger partial charge is 0.417 e. The van der Waals surface area contributed by atoms with Gasteiger partial charge in [0.15, 0.2) is 0 Å². The molecule has 0 radical (unpaired) electrons. The van der Waals surface area contributed by atoms with Crippen LogP contribution in [0.2, 0.25) is 0 Å². The van der Waals surface area contributed by atoms with Gasteiger partial charge in [-0.1, -0.05) is 120 Å². The summed E-state index contributed by atoms with van der Waals surface area (Å²) < 4.78 is 50.8. The van der Waals surface area contributed by atoms with Crippen molar-refractivity contribution in [1.82, 2.24) is 9.13 Å². The predicted molar refractivity (Wildman–Crippen MR) is 231 cm³/mol. The summed E-state index contributed by atoms with van der Waals surface area (Å²) in [5, 5.41) is 13.6. The molecular formula is C52H34F3N3. The molecule has 0 aliphatic carbocycles. The zero-order valence-corrected chi connectivity index (χ0v) is 31.6. The van der Waals surface area contributed by atoms with E-state index < -0.39 is 11.7 Å². The van der Waals surface area contributed by atoms with Gasteiger partial charge in [0.1, 0.15) is 0 Å². The minimum absolute atomic E-state index is 0.00633. The summed E-state index contributed by atoms with van der Waals surface area (Å²) in [6, 6.07) is 56.7. The van der Waals surface area contributed by atoms with Crippen molar-refractivity contribution >= 4 is 43.6 Å². The topological polar surface area (TPSA) is 33.6 Å². The summed E-state index contributed by atoms with van der Waals surface area (Å²) in [6.07, 6.45) is -4.72. The third-order valence-electron chi connectivity index (χ3n) is 11.3. The maximum absolute atomic E-state index is 15.6. The molecule has 0 saturated carbocycles. The number of aromatic nitrogens is 2. The average Bonchev–Trinajstić information content (AvgIpc) is 3.75. The molecule has 2 aromatic heterocycles. The van der Waals surface area contributed by atoms with Crippen LogP contribution in [0.1, 0.15) is 22.3 Å². The van der Waals surface area contributed by atoms with Gasteiger partial charge in [-0.25, -0.2) is 0 Å². The summed E-state index contributed by atoms with van der Waals surface area (Å²) >= 11 is 0. The maximum atomic E-state index is 15.6. The number of para-hydroxylation sites is 2. The monoisotopic (exact) mass is 757 g/mol. The molecule has 0 fully saturated rings. The van der Waals surface area contributed by atoms with E-state index in [-0.39, 0.29) is 11.1 Å². The SMILES string of the molecule is Cc1cccc(-c2ccc3c(c2)c2ccccc2n3-c2cc(-c3cccc(C#N)c3)c(C(F)(F)F)cc2-n2c3ccccc3c3cc(-c4cccc(C)c4)ccc32)c1. The van der Waals surface area contributed by atoms with E-state index in [4.69, 9.17) is 0 Å². The highest BCUT2D eigenvalue weighted by Crippen LogP contribution is 2.45. The molecule has 6 heteroatoms. The normalized spacial score (nSPS) is 11.9. The first-order valence-electron chi connectivity index (χ1n) is 19.1. The molecule has 0 amide bonds. The van der Waals surface area contributed by atoms with Crippen molar-refractivity contribution in [3.63, 3.8) is 0 Å². The second-order valence-corrected chi connectivity index (χ2v) is 15.0. The van der Waals surface area contributed by atoms with E-state index in [1.54, 1.807) is 24.3 Å². The highest BCUT2D eigenvalue weighted by atomic mass is 19.4. The van der Waals surface area contributed by atoms with Gasteiger partial charge in [-0.05, 0) is 108 Å². The van der Waals surface area contributed by atoms with Gasteiger partial charge in [-0.15, -0.1) is 0 Å². The molecule has 278 valence electrons. The summed E-state index contributed by atoms with van der Waals surface area (Å²) in [5.74, 6) is 0. The number of nitriles is 1. The molecular weight excluding hydrogens is 724 g/mol. The van der Waals surface area contributed by atoms with Crippen LogP contribution in [-0.2, 0) is 6.18 Å². The summed E-state index contributed by atoms with van der Waals surface area (Å²) in [6.45, 7) is 4.13. The molecule has 0 spiro atoms. The lowest BCUT2D eigenvalue weighted by Gasteiger charge is -2.22. The highest BCUT2D eigenvalue weighted by Gasteiger charge is 2.36. The Bertz CT molecular complexity index is 3320. The molecule has 3 nitrogen and oxygen atoms in total. The van der Waals surface area contributed by atoms with Gasteiger partial charge in [-0.2, -0.15) is 18.4 Å². The first-order valence-corrected chi connectivity index (χ1v) is 19.1. The van der Waals surface area contributed by atoms with Crippen molar-refractivity contribution in [2.45, 2.75) is 20.0 Å². The molecule has 0 aliphatic heterocycles. The summed E-state index contributed by atoms with van der Waals surface area (Å²) in [5.41, 5.74) is 10.6. The number of aryl methyl sites for hydroxylation is 2. The second-order valence-electron chi connectivity index (χ2n) is 15.0. The minimum atomic E-state index is -4.72. The molecule has 2 heterocycles. The Morgan fingerprint density at radius 1 is 0.431 bits per heavy atom. The quantitative estimate of drug-likeness (QED) is 0.172. The first-order chi connectivity index (χ1) is 28.2. The third kappa shape index (κ3) is 5.74. The van der Waals surface area contributed by atoms with Crippen molar-refractivity contribution in [1.29, 1.82) is 5.26 Å². The van der Waals surface area contributed by atoms with Crippen LogP contribution in [0.3, 0.4) is 0 Å². The second kappa shape index (κ2) is 13.4. The predicted octanol–water partition coefficient (Wildman–Crippen LogP) is 14.4. The third-order valence-corrected chi connectivity index (χ3v) is 11.3. The van der Waals surface area contributed by atoms with Crippen LogP contribution >= 0.6 is 0 Å². The van der Waals surface area contributed by atoms with Crippen molar-refractivity contribution < 1.29 is 13.2 Å². The molecule has 0 unspecified atom stereocenters. The van der Waals surface area contributed by atoms with Gasteiger partial charge in [-0.3, -0.25) is 0 Å². The van der Waals surface area contributed by atoms with Gasteiger partial charge in [0.2, 0.25) is 0 Å². The Labute approximate surface area is 333 Å². The number of halogens is 3. The fourth-order valence-electron chi connectivity index (χ4n) is 8.64.